The van der Waals surface area contributed by atoms with Crippen molar-refractivity contribution in [3.8, 4) is 5.75 Å². The lowest BCUT2D eigenvalue weighted by molar-refractivity contribution is 0.0928. The summed E-state index contributed by atoms with van der Waals surface area (Å²) >= 11 is 3.23. The van der Waals surface area contributed by atoms with Crippen LogP contribution in [0.4, 0.5) is 4.39 Å². The average Bonchev–Trinajstić information content (AvgIpc) is 2.89. The van der Waals surface area contributed by atoms with Gasteiger partial charge in [0.2, 0.25) is 0 Å². The van der Waals surface area contributed by atoms with Crippen LogP contribution >= 0.6 is 15.9 Å². The first-order valence-corrected chi connectivity index (χ1v) is 8.07. The van der Waals surface area contributed by atoms with Gasteiger partial charge in [0.05, 0.1) is 6.54 Å². The summed E-state index contributed by atoms with van der Waals surface area (Å²) in [6, 6.07) is 5.40. The van der Waals surface area contributed by atoms with E-state index < -0.39 is 17.4 Å². The highest BCUT2D eigenvalue weighted by atomic mass is 79.9. The van der Waals surface area contributed by atoms with Crippen LogP contribution in [0.25, 0.3) is 11.2 Å². The number of fused-ring (bicyclic) bond motifs is 1. The van der Waals surface area contributed by atoms with Crippen molar-refractivity contribution >= 4 is 27.1 Å². The largest absolute Gasteiger partial charge is 0.491 e. The summed E-state index contributed by atoms with van der Waals surface area (Å²) in [5.41, 5.74) is -0.806. The van der Waals surface area contributed by atoms with Crippen molar-refractivity contribution in [2.75, 3.05) is 6.61 Å². The molecule has 0 saturated heterocycles. The molecule has 2 heterocycles. The third-order valence-electron chi connectivity index (χ3n) is 3.61. The molecular weight excluding hydrogens is 399 g/mol. The maximum Gasteiger partial charge on any atom is 0.329 e. The van der Waals surface area contributed by atoms with Gasteiger partial charge in [-0.25, -0.2) is 14.2 Å². The maximum atomic E-state index is 12.9. The Morgan fingerprint density at radius 2 is 2.04 bits per heavy atom. The summed E-state index contributed by atoms with van der Waals surface area (Å²) in [6.45, 7) is -0.0546. The topological polar surface area (TPSA) is 102 Å². The molecule has 0 aliphatic carbocycles. The number of aryl methyl sites for hydroxylation is 1. The summed E-state index contributed by atoms with van der Waals surface area (Å²) < 4.78 is 21.2. The minimum Gasteiger partial charge on any atom is -0.491 e. The van der Waals surface area contributed by atoms with Gasteiger partial charge in [0.1, 0.15) is 24.3 Å². The lowest BCUT2D eigenvalue weighted by Crippen LogP contribution is -2.30. The molecule has 0 aliphatic rings. The number of aliphatic hydroxyl groups is 1. The van der Waals surface area contributed by atoms with E-state index in [-0.39, 0.29) is 30.1 Å². The van der Waals surface area contributed by atoms with Crippen LogP contribution in [-0.2, 0) is 13.6 Å². The third kappa shape index (κ3) is 3.49. The summed E-state index contributed by atoms with van der Waals surface area (Å²) in [7, 11) is 1.48. The fourth-order valence-electron chi connectivity index (χ4n) is 2.36. The summed E-state index contributed by atoms with van der Waals surface area (Å²) in [5, 5.41) is 10.2. The Bertz CT molecular complexity index is 1020. The van der Waals surface area contributed by atoms with Gasteiger partial charge in [0, 0.05) is 7.05 Å². The van der Waals surface area contributed by atoms with Crippen molar-refractivity contribution in [3.63, 3.8) is 0 Å². The number of H-pyrrole nitrogens is 1. The van der Waals surface area contributed by atoms with Gasteiger partial charge in [-0.3, -0.25) is 14.3 Å². The van der Waals surface area contributed by atoms with Crippen LogP contribution in [0, 0.1) is 5.82 Å². The number of ether oxygens (including phenoxy) is 1. The molecule has 0 spiro atoms. The minimum absolute atomic E-state index is 0.0135. The monoisotopic (exact) mass is 412 g/mol. The van der Waals surface area contributed by atoms with E-state index in [4.69, 9.17) is 4.74 Å². The van der Waals surface area contributed by atoms with E-state index in [1.165, 1.54) is 40.4 Å². The van der Waals surface area contributed by atoms with Gasteiger partial charge in [-0.2, -0.15) is 0 Å². The zero-order valence-corrected chi connectivity index (χ0v) is 14.7. The predicted molar refractivity (Wildman–Crippen MR) is 91.2 cm³/mol. The molecule has 0 fully saturated rings. The van der Waals surface area contributed by atoms with Crippen LogP contribution in [-0.4, -0.2) is 36.9 Å². The van der Waals surface area contributed by atoms with Crippen molar-refractivity contribution in [2.24, 2.45) is 7.05 Å². The van der Waals surface area contributed by atoms with Crippen molar-refractivity contribution < 1.29 is 14.2 Å². The number of rotatable bonds is 5. The first kappa shape index (κ1) is 17.4. The fourth-order valence-corrected chi connectivity index (χ4v) is 2.85. The molecule has 1 aromatic carbocycles. The molecule has 3 rings (SSSR count). The van der Waals surface area contributed by atoms with Gasteiger partial charge in [0.25, 0.3) is 5.56 Å². The van der Waals surface area contributed by atoms with E-state index >= 15 is 0 Å². The Kier molecular flexibility index (Phi) is 4.73. The van der Waals surface area contributed by atoms with E-state index in [1.807, 2.05) is 0 Å². The molecule has 0 saturated carbocycles. The molecule has 0 unspecified atom stereocenters. The number of aromatic nitrogens is 4. The molecule has 25 heavy (non-hydrogen) atoms. The van der Waals surface area contributed by atoms with Crippen LogP contribution in [0.5, 0.6) is 5.75 Å². The van der Waals surface area contributed by atoms with Crippen LogP contribution in [0.3, 0.4) is 0 Å². The van der Waals surface area contributed by atoms with Crippen molar-refractivity contribution in [3.05, 3.63) is 55.7 Å². The number of aliphatic hydroxyl groups excluding tert-OH is 1. The first-order chi connectivity index (χ1) is 11.9. The van der Waals surface area contributed by atoms with Crippen molar-refractivity contribution in [1.82, 2.24) is 19.1 Å². The number of aromatic amines is 1. The summed E-state index contributed by atoms with van der Waals surface area (Å²) in [6.07, 6.45) is -0.963. The van der Waals surface area contributed by atoms with Crippen LogP contribution in [0.15, 0.2) is 38.6 Å². The van der Waals surface area contributed by atoms with Crippen LogP contribution in [0.2, 0.25) is 0 Å². The molecule has 3 aromatic rings. The molecule has 10 heteroatoms. The molecule has 0 radical (unpaired) electrons. The predicted octanol–water partition coefficient (Wildman–Crippen LogP) is 0.765. The smallest absolute Gasteiger partial charge is 0.329 e. The maximum absolute atomic E-state index is 12.9. The lowest BCUT2D eigenvalue weighted by atomic mass is 10.3. The Balaban J connectivity index is 1.81. The molecule has 2 N–H and O–H groups in total. The van der Waals surface area contributed by atoms with Crippen LogP contribution < -0.4 is 16.0 Å². The zero-order chi connectivity index (χ0) is 18.1. The van der Waals surface area contributed by atoms with E-state index in [1.54, 1.807) is 0 Å². The highest BCUT2D eigenvalue weighted by Crippen LogP contribution is 2.17. The summed E-state index contributed by atoms with van der Waals surface area (Å²) in [4.78, 5) is 30.0. The number of halogens is 2. The Labute approximate surface area is 148 Å². The molecule has 8 nitrogen and oxygen atoms in total. The number of imidazole rings is 1. The minimum atomic E-state index is -0.963. The fraction of sp³-hybridized carbons (Fsp3) is 0.267. The second-order valence-electron chi connectivity index (χ2n) is 5.40. The molecule has 0 bridgehead atoms. The van der Waals surface area contributed by atoms with Gasteiger partial charge in [-0.1, -0.05) is 0 Å². The van der Waals surface area contributed by atoms with E-state index in [2.05, 4.69) is 25.9 Å². The molecule has 132 valence electrons. The standard InChI is InChI=1S/C15H14BrFN4O4/c1-20-12-11(13(23)19-15(20)24)21(14(16)18-12)6-9(22)7-25-10-4-2-8(17)3-5-10/h2-5,9,22H,6-7H2,1H3,(H,19,23,24)/t9-/m1/s1. The van der Waals surface area contributed by atoms with E-state index in [0.717, 1.165) is 0 Å². The van der Waals surface area contributed by atoms with Gasteiger partial charge in [-0.15, -0.1) is 0 Å². The van der Waals surface area contributed by atoms with Crippen molar-refractivity contribution in [1.29, 1.82) is 0 Å². The molecule has 2 aromatic heterocycles. The number of hydrogen-bond donors (Lipinski definition) is 2. The molecular formula is C15H14BrFN4O4. The van der Waals surface area contributed by atoms with E-state index in [0.29, 0.717) is 10.5 Å². The molecule has 1 atom stereocenters. The average molecular weight is 413 g/mol. The highest BCUT2D eigenvalue weighted by Gasteiger charge is 2.18. The number of nitrogens with zero attached hydrogens (tertiary/aromatic N) is 3. The molecule has 0 aliphatic heterocycles. The normalized spacial score (nSPS) is 12.5. The number of nitrogens with one attached hydrogen (secondary N) is 1. The van der Waals surface area contributed by atoms with Gasteiger partial charge >= 0.3 is 5.69 Å². The second-order valence-corrected chi connectivity index (χ2v) is 6.11. The van der Waals surface area contributed by atoms with Crippen LogP contribution in [0.1, 0.15) is 0 Å². The van der Waals surface area contributed by atoms with Gasteiger partial charge in [0.15, 0.2) is 15.9 Å². The van der Waals surface area contributed by atoms with Gasteiger partial charge in [-0.05, 0) is 40.2 Å². The van der Waals surface area contributed by atoms with E-state index in [9.17, 15) is 19.1 Å². The Morgan fingerprint density at radius 3 is 2.72 bits per heavy atom. The lowest BCUT2D eigenvalue weighted by Gasteiger charge is -2.14. The second kappa shape index (κ2) is 6.81. The SMILES string of the molecule is Cn1c(=O)[nH]c(=O)c2c1nc(Br)n2C[C@@H](O)COc1ccc(F)cc1. The highest BCUT2D eigenvalue weighted by molar-refractivity contribution is 9.10. The molecule has 0 amide bonds. The van der Waals surface area contributed by atoms with Gasteiger partial charge < -0.3 is 14.4 Å². The number of benzene rings is 1. The first-order valence-electron chi connectivity index (χ1n) is 7.28. The Morgan fingerprint density at radius 1 is 1.36 bits per heavy atom. The van der Waals surface area contributed by atoms with Crippen molar-refractivity contribution in [2.45, 2.75) is 12.6 Å². The zero-order valence-electron chi connectivity index (χ0n) is 13.1. The summed E-state index contributed by atoms with van der Waals surface area (Å²) in [5.74, 6) is 0.0294. The Hall–Kier alpha value is -2.46. The number of hydrogen-bond acceptors (Lipinski definition) is 5. The third-order valence-corrected chi connectivity index (χ3v) is 4.22. The quantitative estimate of drug-likeness (QED) is 0.602.